The summed E-state index contributed by atoms with van der Waals surface area (Å²) >= 11 is 0. The van der Waals surface area contributed by atoms with Gasteiger partial charge in [0.2, 0.25) is 0 Å². The van der Waals surface area contributed by atoms with Gasteiger partial charge in [-0.3, -0.25) is 10.1 Å². The van der Waals surface area contributed by atoms with Crippen molar-refractivity contribution in [2.24, 2.45) is 0 Å². The van der Waals surface area contributed by atoms with E-state index in [4.69, 9.17) is 4.74 Å². The zero-order valence-electron chi connectivity index (χ0n) is 13.6. The first-order valence-electron chi connectivity index (χ1n) is 8.09. The van der Waals surface area contributed by atoms with Gasteiger partial charge in [-0.2, -0.15) is 0 Å². The van der Waals surface area contributed by atoms with E-state index < -0.39 is 11.0 Å². The van der Waals surface area contributed by atoms with Crippen molar-refractivity contribution >= 4 is 17.5 Å². The molecule has 2 aromatic rings. The molecule has 1 aliphatic carbocycles. The van der Waals surface area contributed by atoms with Crippen LogP contribution in [0.1, 0.15) is 18.4 Å². The summed E-state index contributed by atoms with van der Waals surface area (Å²) < 4.78 is 5.18. The minimum absolute atomic E-state index is 0.0172. The number of carbonyl (C=O) groups is 1. The second-order valence-corrected chi connectivity index (χ2v) is 5.99. The van der Waals surface area contributed by atoms with Crippen LogP contribution in [0, 0.1) is 10.1 Å². The van der Waals surface area contributed by atoms with Gasteiger partial charge in [-0.25, -0.2) is 4.79 Å². The van der Waals surface area contributed by atoms with Gasteiger partial charge in [-0.1, -0.05) is 42.5 Å². The van der Waals surface area contributed by atoms with Crippen molar-refractivity contribution in [2.75, 3.05) is 5.32 Å². The fourth-order valence-corrected chi connectivity index (χ4v) is 2.76. The third kappa shape index (κ3) is 4.47. The van der Waals surface area contributed by atoms with Crippen LogP contribution >= 0.6 is 0 Å². The first kappa shape index (κ1) is 16.8. The molecule has 130 valence electrons. The van der Waals surface area contributed by atoms with E-state index in [1.807, 2.05) is 30.3 Å². The van der Waals surface area contributed by atoms with Gasteiger partial charge in [0.05, 0.1) is 4.92 Å². The van der Waals surface area contributed by atoms with Crippen LogP contribution in [0.15, 0.2) is 54.6 Å². The summed E-state index contributed by atoms with van der Waals surface area (Å²) in [5.41, 5.74) is 1.49. The van der Waals surface area contributed by atoms with E-state index in [9.17, 15) is 14.9 Å². The zero-order valence-corrected chi connectivity index (χ0v) is 13.6. The minimum atomic E-state index is -0.446. The van der Waals surface area contributed by atoms with Gasteiger partial charge >= 0.3 is 6.09 Å². The van der Waals surface area contributed by atoms with Crippen LogP contribution in [0.3, 0.4) is 0 Å². The molecule has 7 heteroatoms. The van der Waals surface area contributed by atoms with Gasteiger partial charge in [-0.15, -0.1) is 0 Å². The van der Waals surface area contributed by atoms with Crippen LogP contribution < -0.4 is 10.6 Å². The smallest absolute Gasteiger partial charge is 0.407 e. The molecule has 0 aliphatic heterocycles. The molecule has 0 heterocycles. The highest BCUT2D eigenvalue weighted by Gasteiger charge is 2.31. The second-order valence-electron chi connectivity index (χ2n) is 5.99. The molecule has 0 radical (unpaired) electrons. The van der Waals surface area contributed by atoms with Crippen LogP contribution in [-0.4, -0.2) is 23.1 Å². The second kappa shape index (κ2) is 7.65. The molecule has 0 atom stereocenters. The van der Waals surface area contributed by atoms with Gasteiger partial charge in [-0.05, 0) is 24.5 Å². The van der Waals surface area contributed by atoms with Gasteiger partial charge in [0.15, 0.2) is 0 Å². The fourth-order valence-electron chi connectivity index (χ4n) is 2.76. The molecular formula is C18H19N3O4. The minimum Gasteiger partial charge on any atom is -0.445 e. The number of hydrogen-bond donors (Lipinski definition) is 2. The van der Waals surface area contributed by atoms with E-state index in [1.54, 1.807) is 18.2 Å². The number of ether oxygens (including phenoxy) is 1. The van der Waals surface area contributed by atoms with Crippen LogP contribution in [0.25, 0.3) is 0 Å². The molecule has 3 rings (SSSR count). The van der Waals surface area contributed by atoms with Gasteiger partial charge in [0.25, 0.3) is 5.69 Å². The molecule has 2 aromatic carbocycles. The molecule has 0 aromatic heterocycles. The number of carbonyl (C=O) groups excluding carboxylic acids is 1. The maximum Gasteiger partial charge on any atom is 0.407 e. The van der Waals surface area contributed by atoms with Gasteiger partial charge in [0.1, 0.15) is 12.3 Å². The number of benzene rings is 2. The number of nitro groups is 1. The summed E-state index contributed by atoms with van der Waals surface area (Å²) in [6.45, 7) is 0.233. The lowest BCUT2D eigenvalue weighted by Gasteiger charge is -2.36. The van der Waals surface area contributed by atoms with Crippen molar-refractivity contribution in [1.82, 2.24) is 5.32 Å². The van der Waals surface area contributed by atoms with Crippen molar-refractivity contribution in [3.05, 3.63) is 70.3 Å². The molecule has 7 nitrogen and oxygen atoms in total. The van der Waals surface area contributed by atoms with Crippen molar-refractivity contribution in [2.45, 2.75) is 31.5 Å². The number of rotatable bonds is 6. The van der Waals surface area contributed by atoms with Gasteiger partial charge < -0.3 is 15.4 Å². The standard InChI is InChI=1S/C18H19N3O4/c22-18(25-12-13-6-2-1-3-7-13)20-15-10-14(11-15)19-16-8-4-5-9-17(16)21(23)24/h1-9,14-15,19H,10-12H2,(H,20,22). The Kier molecular flexibility index (Phi) is 5.13. The summed E-state index contributed by atoms with van der Waals surface area (Å²) in [5.74, 6) is 0. The number of nitrogens with zero attached hydrogens (tertiary/aromatic N) is 1. The molecular weight excluding hydrogens is 322 g/mol. The quantitative estimate of drug-likeness (QED) is 0.620. The zero-order chi connectivity index (χ0) is 17.6. The Morgan fingerprint density at radius 1 is 1.08 bits per heavy atom. The Balaban J connectivity index is 1.41. The predicted molar refractivity (Wildman–Crippen MR) is 93.3 cm³/mol. The van der Waals surface area contributed by atoms with Crippen LogP contribution in [0.5, 0.6) is 0 Å². The van der Waals surface area contributed by atoms with E-state index in [0.717, 1.165) is 5.56 Å². The average molecular weight is 341 g/mol. The molecule has 1 saturated carbocycles. The lowest BCUT2D eigenvalue weighted by atomic mass is 9.86. The highest BCUT2D eigenvalue weighted by Crippen LogP contribution is 2.29. The summed E-state index contributed by atoms with van der Waals surface area (Å²) in [5, 5.41) is 17.0. The van der Waals surface area contributed by atoms with Crippen molar-refractivity contribution in [1.29, 1.82) is 0 Å². The Bertz CT molecular complexity index is 745. The Morgan fingerprint density at radius 3 is 2.48 bits per heavy atom. The number of anilines is 1. The molecule has 0 bridgehead atoms. The highest BCUT2D eigenvalue weighted by molar-refractivity contribution is 5.68. The summed E-state index contributed by atoms with van der Waals surface area (Å²) in [7, 11) is 0. The normalized spacial score (nSPS) is 18.7. The first-order chi connectivity index (χ1) is 12.1. The number of nitrogens with one attached hydrogen (secondary N) is 2. The Labute approximate surface area is 145 Å². The number of hydrogen-bond acceptors (Lipinski definition) is 5. The number of alkyl carbamates (subject to hydrolysis) is 1. The monoisotopic (exact) mass is 341 g/mol. The Hall–Kier alpha value is -3.09. The van der Waals surface area contributed by atoms with E-state index in [2.05, 4.69) is 10.6 Å². The van der Waals surface area contributed by atoms with Crippen molar-refractivity contribution in [3.8, 4) is 0 Å². The number of amides is 1. The van der Waals surface area contributed by atoms with E-state index in [1.165, 1.54) is 6.07 Å². The fraction of sp³-hybridized carbons (Fsp3) is 0.278. The molecule has 0 saturated heterocycles. The molecule has 1 amide bonds. The molecule has 1 fully saturated rings. The number of para-hydroxylation sites is 2. The van der Waals surface area contributed by atoms with Crippen LogP contribution in [0.2, 0.25) is 0 Å². The van der Waals surface area contributed by atoms with E-state index >= 15 is 0 Å². The van der Waals surface area contributed by atoms with E-state index in [0.29, 0.717) is 18.5 Å². The maximum atomic E-state index is 11.8. The topological polar surface area (TPSA) is 93.5 Å². The van der Waals surface area contributed by atoms with Crippen molar-refractivity contribution < 1.29 is 14.5 Å². The van der Waals surface area contributed by atoms with Crippen molar-refractivity contribution in [3.63, 3.8) is 0 Å². The third-order valence-electron chi connectivity index (χ3n) is 4.13. The van der Waals surface area contributed by atoms with Crippen LogP contribution in [-0.2, 0) is 11.3 Å². The first-order valence-corrected chi connectivity index (χ1v) is 8.09. The highest BCUT2D eigenvalue weighted by atomic mass is 16.6. The summed E-state index contributed by atoms with van der Waals surface area (Å²) in [6.07, 6.45) is 0.955. The average Bonchev–Trinajstić information content (AvgIpc) is 2.59. The summed E-state index contributed by atoms with van der Waals surface area (Å²) in [4.78, 5) is 22.4. The maximum absolute atomic E-state index is 11.8. The molecule has 25 heavy (non-hydrogen) atoms. The third-order valence-corrected chi connectivity index (χ3v) is 4.13. The largest absolute Gasteiger partial charge is 0.445 e. The lowest BCUT2D eigenvalue weighted by molar-refractivity contribution is -0.384. The SMILES string of the molecule is O=C(NC1CC(Nc2ccccc2[N+](=O)[O-])C1)OCc1ccccc1. The van der Waals surface area contributed by atoms with E-state index in [-0.39, 0.29) is 24.4 Å². The van der Waals surface area contributed by atoms with Crippen LogP contribution in [0.4, 0.5) is 16.2 Å². The molecule has 2 N–H and O–H groups in total. The molecule has 0 unspecified atom stereocenters. The number of nitro benzene ring substituents is 1. The Morgan fingerprint density at radius 2 is 1.76 bits per heavy atom. The van der Waals surface area contributed by atoms with Gasteiger partial charge in [0, 0.05) is 18.2 Å². The molecule has 0 spiro atoms. The summed E-state index contributed by atoms with van der Waals surface area (Å²) in [6, 6.07) is 16.1. The predicted octanol–water partition coefficient (Wildman–Crippen LogP) is 3.46. The molecule has 1 aliphatic rings. The lowest BCUT2D eigenvalue weighted by Crippen LogP contribution is -2.49.